The second kappa shape index (κ2) is 4.13. The number of rotatable bonds is 1. The van der Waals surface area contributed by atoms with Gasteiger partial charge in [-0.25, -0.2) is 0 Å². The van der Waals surface area contributed by atoms with Gasteiger partial charge in [0.05, 0.1) is 6.21 Å². The molecule has 74 valence electrons. The van der Waals surface area contributed by atoms with Crippen LogP contribution in [0.25, 0.3) is 0 Å². The van der Waals surface area contributed by atoms with E-state index in [0.29, 0.717) is 0 Å². The lowest BCUT2D eigenvalue weighted by molar-refractivity contribution is 0.319. The van der Waals surface area contributed by atoms with Gasteiger partial charge >= 0.3 is 0 Å². The lowest BCUT2D eigenvalue weighted by Gasteiger charge is -2.22. The third-order valence-corrected chi connectivity index (χ3v) is 3.21. The van der Waals surface area contributed by atoms with E-state index in [9.17, 15) is 0 Å². The Morgan fingerprint density at radius 3 is 3.14 bits per heavy atom. The SMILES string of the molecule is ON=CC1CCCc2ccc(Br)cc21. The van der Waals surface area contributed by atoms with Crippen LogP contribution in [0.5, 0.6) is 0 Å². The summed E-state index contributed by atoms with van der Waals surface area (Å²) < 4.78 is 1.09. The molecule has 1 aromatic rings. The average molecular weight is 254 g/mol. The highest BCUT2D eigenvalue weighted by atomic mass is 79.9. The molecule has 0 aromatic heterocycles. The Morgan fingerprint density at radius 2 is 2.36 bits per heavy atom. The first kappa shape index (κ1) is 9.71. The highest BCUT2D eigenvalue weighted by molar-refractivity contribution is 9.10. The second-order valence-corrected chi connectivity index (χ2v) is 4.52. The monoisotopic (exact) mass is 253 g/mol. The molecule has 0 saturated heterocycles. The number of nitrogens with zero attached hydrogens (tertiary/aromatic N) is 1. The number of hydrogen-bond donors (Lipinski definition) is 1. The van der Waals surface area contributed by atoms with Crippen molar-refractivity contribution in [3.05, 3.63) is 33.8 Å². The van der Waals surface area contributed by atoms with Crippen LogP contribution in [0.4, 0.5) is 0 Å². The summed E-state index contributed by atoms with van der Waals surface area (Å²) in [6, 6.07) is 6.34. The van der Waals surface area contributed by atoms with Gasteiger partial charge in [0, 0.05) is 10.4 Å². The molecule has 1 N–H and O–H groups in total. The summed E-state index contributed by atoms with van der Waals surface area (Å²) in [4.78, 5) is 0. The predicted molar refractivity (Wildman–Crippen MR) is 60.1 cm³/mol. The van der Waals surface area contributed by atoms with Crippen LogP contribution in [-0.2, 0) is 6.42 Å². The minimum Gasteiger partial charge on any atom is -0.411 e. The second-order valence-electron chi connectivity index (χ2n) is 3.61. The van der Waals surface area contributed by atoms with E-state index in [-0.39, 0.29) is 5.92 Å². The van der Waals surface area contributed by atoms with E-state index in [0.717, 1.165) is 17.3 Å². The molecule has 14 heavy (non-hydrogen) atoms. The molecule has 2 rings (SSSR count). The molecule has 1 aromatic carbocycles. The highest BCUT2D eigenvalue weighted by Gasteiger charge is 2.18. The molecular formula is C11H12BrNO. The Balaban J connectivity index is 2.41. The molecule has 0 radical (unpaired) electrons. The molecule has 1 unspecified atom stereocenters. The smallest absolute Gasteiger partial charge is 0.0510 e. The molecule has 0 bridgehead atoms. The molecule has 1 aliphatic carbocycles. The Labute approximate surface area is 91.8 Å². The molecule has 0 aliphatic heterocycles. The Kier molecular flexibility index (Phi) is 2.87. The molecule has 0 fully saturated rings. The zero-order chi connectivity index (χ0) is 9.97. The van der Waals surface area contributed by atoms with Crippen LogP contribution >= 0.6 is 15.9 Å². The average Bonchev–Trinajstić information content (AvgIpc) is 2.19. The predicted octanol–water partition coefficient (Wildman–Crippen LogP) is 3.33. The van der Waals surface area contributed by atoms with Crippen molar-refractivity contribution in [1.29, 1.82) is 0 Å². The van der Waals surface area contributed by atoms with Gasteiger partial charge in [-0.3, -0.25) is 0 Å². The Morgan fingerprint density at radius 1 is 1.50 bits per heavy atom. The van der Waals surface area contributed by atoms with E-state index in [1.165, 1.54) is 17.5 Å². The first-order valence-corrected chi connectivity index (χ1v) is 5.56. The van der Waals surface area contributed by atoms with Gasteiger partial charge in [-0.05, 0) is 42.5 Å². The standard InChI is InChI=1S/C11H12BrNO/c12-10-5-4-8-2-1-3-9(7-13-14)11(8)6-10/h4-7,9,14H,1-3H2. The van der Waals surface area contributed by atoms with Gasteiger partial charge in [0.25, 0.3) is 0 Å². The van der Waals surface area contributed by atoms with Gasteiger partial charge in [0.2, 0.25) is 0 Å². The van der Waals surface area contributed by atoms with Crippen LogP contribution in [0.2, 0.25) is 0 Å². The maximum Gasteiger partial charge on any atom is 0.0510 e. The topological polar surface area (TPSA) is 32.6 Å². The largest absolute Gasteiger partial charge is 0.411 e. The molecule has 0 spiro atoms. The zero-order valence-corrected chi connectivity index (χ0v) is 9.37. The van der Waals surface area contributed by atoms with Crippen molar-refractivity contribution < 1.29 is 5.21 Å². The normalized spacial score (nSPS) is 21.1. The van der Waals surface area contributed by atoms with E-state index in [4.69, 9.17) is 5.21 Å². The van der Waals surface area contributed by atoms with E-state index < -0.39 is 0 Å². The van der Waals surface area contributed by atoms with Crippen LogP contribution in [0.1, 0.15) is 29.9 Å². The van der Waals surface area contributed by atoms with Crippen LogP contribution in [-0.4, -0.2) is 11.4 Å². The Bertz CT molecular complexity index is 362. The van der Waals surface area contributed by atoms with E-state index in [1.54, 1.807) is 6.21 Å². The number of hydrogen-bond acceptors (Lipinski definition) is 2. The van der Waals surface area contributed by atoms with Gasteiger partial charge in [0.1, 0.15) is 0 Å². The summed E-state index contributed by atoms with van der Waals surface area (Å²) in [5, 5.41) is 11.7. The summed E-state index contributed by atoms with van der Waals surface area (Å²) >= 11 is 3.46. The molecule has 1 atom stereocenters. The lowest BCUT2D eigenvalue weighted by Crippen LogP contribution is -2.10. The van der Waals surface area contributed by atoms with Crippen molar-refractivity contribution in [2.45, 2.75) is 25.2 Å². The summed E-state index contributed by atoms with van der Waals surface area (Å²) in [6.07, 6.45) is 5.02. The van der Waals surface area contributed by atoms with E-state index >= 15 is 0 Å². The number of oxime groups is 1. The summed E-state index contributed by atoms with van der Waals surface area (Å²) in [6.45, 7) is 0. The first-order chi connectivity index (χ1) is 6.81. The van der Waals surface area contributed by atoms with Crippen molar-refractivity contribution in [2.75, 3.05) is 0 Å². The van der Waals surface area contributed by atoms with Crippen molar-refractivity contribution in [2.24, 2.45) is 5.16 Å². The third-order valence-electron chi connectivity index (χ3n) is 2.72. The van der Waals surface area contributed by atoms with E-state index in [1.807, 2.05) is 0 Å². The van der Waals surface area contributed by atoms with Gasteiger partial charge in [-0.2, -0.15) is 0 Å². The third kappa shape index (κ3) is 1.82. The first-order valence-electron chi connectivity index (χ1n) is 4.77. The van der Waals surface area contributed by atoms with Gasteiger partial charge < -0.3 is 5.21 Å². The molecule has 1 aliphatic rings. The van der Waals surface area contributed by atoms with Gasteiger partial charge in [-0.15, -0.1) is 5.16 Å². The number of fused-ring (bicyclic) bond motifs is 1. The lowest BCUT2D eigenvalue weighted by atomic mass is 9.84. The maximum absolute atomic E-state index is 8.57. The Hall–Kier alpha value is -0.830. The minimum absolute atomic E-state index is 0.279. The fourth-order valence-electron chi connectivity index (χ4n) is 2.04. The molecule has 0 saturated carbocycles. The molecule has 0 heterocycles. The van der Waals surface area contributed by atoms with Crippen LogP contribution < -0.4 is 0 Å². The fourth-order valence-corrected chi connectivity index (χ4v) is 2.42. The molecule has 2 nitrogen and oxygen atoms in total. The van der Waals surface area contributed by atoms with Crippen molar-refractivity contribution >= 4 is 22.1 Å². The van der Waals surface area contributed by atoms with E-state index in [2.05, 4.69) is 39.3 Å². The molecule has 0 amide bonds. The van der Waals surface area contributed by atoms with Crippen LogP contribution in [0.3, 0.4) is 0 Å². The highest BCUT2D eigenvalue weighted by Crippen LogP contribution is 2.32. The van der Waals surface area contributed by atoms with Crippen molar-refractivity contribution in [1.82, 2.24) is 0 Å². The number of halogens is 1. The summed E-state index contributed by atoms with van der Waals surface area (Å²) in [5.74, 6) is 0.279. The van der Waals surface area contributed by atoms with Gasteiger partial charge in [-0.1, -0.05) is 22.0 Å². The molecule has 3 heteroatoms. The number of benzene rings is 1. The molecular weight excluding hydrogens is 242 g/mol. The summed E-state index contributed by atoms with van der Waals surface area (Å²) in [5.41, 5.74) is 2.67. The van der Waals surface area contributed by atoms with Crippen LogP contribution in [0.15, 0.2) is 27.8 Å². The van der Waals surface area contributed by atoms with Crippen molar-refractivity contribution in [3.63, 3.8) is 0 Å². The fraction of sp³-hybridized carbons (Fsp3) is 0.364. The van der Waals surface area contributed by atoms with Gasteiger partial charge in [0.15, 0.2) is 0 Å². The van der Waals surface area contributed by atoms with Crippen molar-refractivity contribution in [3.8, 4) is 0 Å². The number of aryl methyl sites for hydroxylation is 1. The zero-order valence-electron chi connectivity index (χ0n) is 7.78. The minimum atomic E-state index is 0.279. The maximum atomic E-state index is 8.57. The summed E-state index contributed by atoms with van der Waals surface area (Å²) in [7, 11) is 0. The van der Waals surface area contributed by atoms with Crippen LogP contribution in [0, 0.1) is 0 Å². The quantitative estimate of drug-likeness (QED) is 0.465.